The summed E-state index contributed by atoms with van der Waals surface area (Å²) >= 11 is 5.94. The van der Waals surface area contributed by atoms with Crippen LogP contribution in [0.2, 0.25) is 0 Å². The van der Waals surface area contributed by atoms with Crippen LogP contribution in [0.25, 0.3) is 0 Å². The monoisotopic (exact) mass is 306 g/mol. The molecule has 2 heterocycles. The zero-order valence-corrected chi connectivity index (χ0v) is 12.3. The molecule has 1 fully saturated rings. The van der Waals surface area contributed by atoms with E-state index in [2.05, 4.69) is 0 Å². The van der Waals surface area contributed by atoms with Gasteiger partial charge in [0, 0.05) is 13.1 Å². The van der Waals surface area contributed by atoms with Crippen LogP contribution in [0.3, 0.4) is 0 Å². The molecule has 8 heteroatoms. The molecule has 0 saturated carbocycles. The van der Waals surface area contributed by atoms with E-state index in [9.17, 15) is 8.42 Å². The Hall–Kier alpha value is -0.540. The maximum Gasteiger partial charge on any atom is 0.252 e. The Balaban J connectivity index is 2.26. The molecule has 0 radical (unpaired) electrons. The number of hydrogen-bond acceptors (Lipinski definition) is 5. The molecule has 0 aromatic carbocycles. The molecule has 1 aliphatic rings. The molecule has 18 heavy (non-hydrogen) atoms. The third kappa shape index (κ3) is 2.72. The first-order chi connectivity index (χ1) is 8.41. The second-order valence-electron chi connectivity index (χ2n) is 4.03. The maximum absolute atomic E-state index is 12.4. The van der Waals surface area contributed by atoms with Crippen molar-refractivity contribution < 1.29 is 13.2 Å². The fourth-order valence-electron chi connectivity index (χ4n) is 1.72. The van der Waals surface area contributed by atoms with Crippen molar-refractivity contribution in [1.82, 2.24) is 4.31 Å². The van der Waals surface area contributed by atoms with Gasteiger partial charge >= 0.3 is 0 Å². The molecule has 1 aromatic heterocycles. The number of sulfonamides is 1. The Morgan fingerprint density at radius 1 is 1.61 bits per heavy atom. The van der Waals surface area contributed by atoms with Gasteiger partial charge in [0.1, 0.15) is 9.20 Å². The second-order valence-corrected chi connectivity index (χ2v) is 7.72. The van der Waals surface area contributed by atoms with Crippen molar-refractivity contribution in [3.8, 4) is 0 Å². The summed E-state index contributed by atoms with van der Waals surface area (Å²) in [7, 11) is -3.45. The normalized spacial score (nSPS) is 21.9. The first-order valence-electron chi connectivity index (χ1n) is 5.42. The Morgan fingerprint density at radius 2 is 2.33 bits per heavy atom. The Labute approximate surface area is 116 Å². The van der Waals surface area contributed by atoms with Gasteiger partial charge < -0.3 is 10.5 Å². The fourth-order valence-corrected chi connectivity index (χ4v) is 4.73. The van der Waals surface area contributed by atoms with Crippen LogP contribution < -0.4 is 5.73 Å². The summed E-state index contributed by atoms with van der Waals surface area (Å²) in [6, 6.07) is 3.19. The molecule has 0 bridgehead atoms. The summed E-state index contributed by atoms with van der Waals surface area (Å²) in [6.07, 6.45) is -0.0801. The van der Waals surface area contributed by atoms with E-state index in [4.69, 9.17) is 22.7 Å². The summed E-state index contributed by atoms with van der Waals surface area (Å²) in [5.74, 6) is 0. The number of hydrogen-bond donors (Lipinski definition) is 1. The highest BCUT2D eigenvalue weighted by Crippen LogP contribution is 2.26. The lowest BCUT2D eigenvalue weighted by Crippen LogP contribution is -2.44. The molecular formula is C10H14N2O3S3. The number of ether oxygens (including phenoxy) is 1. The highest BCUT2D eigenvalue weighted by atomic mass is 32.2. The highest BCUT2D eigenvalue weighted by Gasteiger charge is 2.30. The van der Waals surface area contributed by atoms with Gasteiger partial charge in [-0.3, -0.25) is 0 Å². The van der Waals surface area contributed by atoms with E-state index in [0.29, 0.717) is 24.6 Å². The first kappa shape index (κ1) is 13.9. The molecule has 0 amide bonds. The topological polar surface area (TPSA) is 72.6 Å². The zero-order chi connectivity index (χ0) is 13.3. The van der Waals surface area contributed by atoms with E-state index in [0.717, 1.165) is 11.3 Å². The minimum absolute atomic E-state index is 0.0801. The maximum atomic E-state index is 12.4. The van der Waals surface area contributed by atoms with E-state index in [-0.39, 0.29) is 15.3 Å². The third-order valence-electron chi connectivity index (χ3n) is 2.62. The smallest absolute Gasteiger partial charge is 0.252 e. The standard InChI is InChI=1S/C10H14N2O3S3/c1-7-6-12(4-5-15-7)18(13,14)9-3-2-8(17-9)10(11)16/h2-3,7H,4-6H2,1H3,(H2,11,16). The summed E-state index contributed by atoms with van der Waals surface area (Å²) in [5, 5.41) is 0. The van der Waals surface area contributed by atoms with Gasteiger partial charge in [-0.05, 0) is 19.1 Å². The van der Waals surface area contributed by atoms with Gasteiger partial charge in [-0.2, -0.15) is 4.31 Å². The van der Waals surface area contributed by atoms with Crippen LogP contribution in [0.5, 0.6) is 0 Å². The SMILES string of the molecule is CC1CN(S(=O)(=O)c2ccc(C(N)=S)s2)CCO1. The largest absolute Gasteiger partial charge is 0.389 e. The van der Waals surface area contributed by atoms with Crippen molar-refractivity contribution in [1.29, 1.82) is 0 Å². The molecule has 1 aliphatic heterocycles. The van der Waals surface area contributed by atoms with Gasteiger partial charge in [-0.25, -0.2) is 8.42 Å². The van der Waals surface area contributed by atoms with Gasteiger partial charge in [0.25, 0.3) is 10.0 Å². The molecule has 0 aliphatic carbocycles. The van der Waals surface area contributed by atoms with E-state index < -0.39 is 10.0 Å². The lowest BCUT2D eigenvalue weighted by atomic mass is 10.3. The van der Waals surface area contributed by atoms with Crippen LogP contribution in [0.1, 0.15) is 11.8 Å². The van der Waals surface area contributed by atoms with Crippen LogP contribution in [0, 0.1) is 0 Å². The number of nitrogens with two attached hydrogens (primary N) is 1. The lowest BCUT2D eigenvalue weighted by Gasteiger charge is -2.29. The van der Waals surface area contributed by atoms with Crippen LogP contribution >= 0.6 is 23.6 Å². The molecule has 1 aromatic rings. The number of nitrogens with zero attached hydrogens (tertiary/aromatic N) is 1. The van der Waals surface area contributed by atoms with Gasteiger partial charge in [0.05, 0.1) is 17.6 Å². The third-order valence-corrected chi connectivity index (χ3v) is 6.42. The summed E-state index contributed by atoms with van der Waals surface area (Å²) < 4.78 is 31.8. The van der Waals surface area contributed by atoms with Gasteiger partial charge in [-0.15, -0.1) is 11.3 Å². The molecule has 100 valence electrons. The summed E-state index contributed by atoms with van der Waals surface area (Å²) in [5.41, 5.74) is 5.48. The number of morpholine rings is 1. The molecular weight excluding hydrogens is 292 g/mol. The fraction of sp³-hybridized carbons (Fsp3) is 0.500. The summed E-state index contributed by atoms with van der Waals surface area (Å²) in [4.78, 5) is 0.835. The van der Waals surface area contributed by atoms with Crippen molar-refractivity contribution in [2.45, 2.75) is 17.2 Å². The number of rotatable bonds is 3. The van der Waals surface area contributed by atoms with Crippen molar-refractivity contribution in [2.24, 2.45) is 5.73 Å². The van der Waals surface area contributed by atoms with Crippen molar-refractivity contribution in [3.05, 3.63) is 17.0 Å². The van der Waals surface area contributed by atoms with E-state index >= 15 is 0 Å². The molecule has 2 N–H and O–H groups in total. The van der Waals surface area contributed by atoms with Gasteiger partial charge in [0.15, 0.2) is 0 Å². The average molecular weight is 306 g/mol. The molecule has 0 spiro atoms. The van der Waals surface area contributed by atoms with E-state index in [1.54, 1.807) is 12.1 Å². The van der Waals surface area contributed by atoms with Gasteiger partial charge in [-0.1, -0.05) is 12.2 Å². The summed E-state index contributed by atoms with van der Waals surface area (Å²) in [6.45, 7) is 3.04. The van der Waals surface area contributed by atoms with Crippen LogP contribution in [-0.2, 0) is 14.8 Å². The van der Waals surface area contributed by atoms with Crippen molar-refractivity contribution >= 4 is 38.6 Å². The Bertz CT molecular complexity index is 552. The molecule has 2 rings (SSSR count). The molecule has 1 saturated heterocycles. The van der Waals surface area contributed by atoms with E-state index in [1.807, 2.05) is 6.92 Å². The predicted molar refractivity (Wildman–Crippen MR) is 74.4 cm³/mol. The minimum Gasteiger partial charge on any atom is -0.389 e. The zero-order valence-electron chi connectivity index (χ0n) is 9.83. The highest BCUT2D eigenvalue weighted by molar-refractivity contribution is 7.91. The van der Waals surface area contributed by atoms with Crippen LogP contribution in [-0.4, -0.2) is 43.5 Å². The minimum atomic E-state index is -3.45. The van der Waals surface area contributed by atoms with Crippen molar-refractivity contribution in [3.63, 3.8) is 0 Å². The van der Waals surface area contributed by atoms with Crippen LogP contribution in [0.15, 0.2) is 16.3 Å². The lowest BCUT2D eigenvalue weighted by molar-refractivity contribution is 0.0102. The van der Waals surface area contributed by atoms with Crippen molar-refractivity contribution in [2.75, 3.05) is 19.7 Å². The quantitative estimate of drug-likeness (QED) is 0.836. The molecule has 1 atom stereocenters. The first-order valence-corrected chi connectivity index (χ1v) is 8.09. The molecule has 5 nitrogen and oxygen atoms in total. The molecule has 1 unspecified atom stereocenters. The Kier molecular flexibility index (Phi) is 4.02. The van der Waals surface area contributed by atoms with E-state index in [1.165, 1.54) is 4.31 Å². The second kappa shape index (κ2) is 5.22. The van der Waals surface area contributed by atoms with Gasteiger partial charge in [0.2, 0.25) is 0 Å². The average Bonchev–Trinajstić information content (AvgIpc) is 2.79. The number of thiophene rings is 1. The predicted octanol–water partition coefficient (Wildman–Crippen LogP) is 0.792. The number of thiocarbonyl (C=S) groups is 1. The van der Waals surface area contributed by atoms with Crippen LogP contribution in [0.4, 0.5) is 0 Å². The Morgan fingerprint density at radius 3 is 2.89 bits per heavy atom.